The number of nitrogens with zero attached hydrogens (tertiary/aromatic N) is 6. The second-order valence-electron chi connectivity index (χ2n) is 10.2. The standard InChI is InChI=1S/C29H25BrFN7O2/c1-36-28(40)24-26(33-20-6-2-3-10-22(20)39)38(35-27(24)37-21-9-4-8-19(21)34-29(36)37)25(30)17-14-12-16(13-15-17)18-7-5-11-23(31)32-18/h2-3,5-7,10-15,19,21,25,33,39H,4,8-9H2,1H3/t19-,21+,25?/m1/s1. The van der Waals surface area contributed by atoms with Crippen molar-refractivity contribution in [3.8, 4) is 17.0 Å². The zero-order valence-corrected chi connectivity index (χ0v) is 23.1. The molecule has 4 heterocycles. The summed E-state index contributed by atoms with van der Waals surface area (Å²) < 4.78 is 15.4. The van der Waals surface area contributed by atoms with Gasteiger partial charge in [-0.3, -0.25) is 14.6 Å². The van der Waals surface area contributed by atoms with Gasteiger partial charge < -0.3 is 10.4 Å². The normalized spacial score (nSPS) is 20.2. The molecular formula is C29H25BrFN7O2. The molecule has 1 fully saturated rings. The van der Waals surface area contributed by atoms with Gasteiger partial charge in [-0.2, -0.15) is 9.49 Å². The summed E-state index contributed by atoms with van der Waals surface area (Å²) in [5.74, 6) is 0.931. The number of halogens is 2. The van der Waals surface area contributed by atoms with E-state index in [4.69, 9.17) is 10.1 Å². The Morgan fingerprint density at radius 2 is 1.88 bits per heavy atom. The first-order valence-electron chi connectivity index (χ1n) is 13.1. The lowest BCUT2D eigenvalue weighted by Gasteiger charge is -2.34. The van der Waals surface area contributed by atoms with Crippen molar-refractivity contribution >= 4 is 45.1 Å². The number of phenols is 1. The highest BCUT2D eigenvalue weighted by Gasteiger charge is 2.49. The van der Waals surface area contributed by atoms with Gasteiger partial charge in [0.2, 0.25) is 11.9 Å². The molecule has 2 aliphatic heterocycles. The van der Waals surface area contributed by atoms with E-state index in [2.05, 4.69) is 31.1 Å². The number of benzene rings is 2. The Labute approximate surface area is 238 Å². The van der Waals surface area contributed by atoms with Gasteiger partial charge in [-0.05, 0) is 49.1 Å². The Kier molecular flexibility index (Phi) is 5.85. The highest BCUT2D eigenvalue weighted by molar-refractivity contribution is 9.09. The number of alkyl halides is 1. The third-order valence-corrected chi connectivity index (χ3v) is 8.70. The summed E-state index contributed by atoms with van der Waals surface area (Å²) >= 11 is 3.81. The van der Waals surface area contributed by atoms with Gasteiger partial charge >= 0.3 is 0 Å². The molecule has 40 heavy (non-hydrogen) atoms. The Hall–Kier alpha value is -4.25. The van der Waals surface area contributed by atoms with Crippen molar-refractivity contribution in [1.29, 1.82) is 0 Å². The summed E-state index contributed by atoms with van der Waals surface area (Å²) in [6, 6.07) is 19.4. The molecule has 1 aliphatic carbocycles. The molecule has 7 rings (SSSR count). The van der Waals surface area contributed by atoms with Crippen LogP contribution in [0.4, 0.5) is 21.7 Å². The van der Waals surface area contributed by atoms with E-state index >= 15 is 0 Å². The zero-order valence-electron chi connectivity index (χ0n) is 21.5. The molecule has 0 radical (unpaired) electrons. The Balaban J connectivity index is 1.34. The van der Waals surface area contributed by atoms with Crippen LogP contribution in [0.2, 0.25) is 0 Å². The third-order valence-electron chi connectivity index (χ3n) is 7.78. The van der Waals surface area contributed by atoms with Crippen LogP contribution >= 0.6 is 15.9 Å². The fourth-order valence-electron chi connectivity index (χ4n) is 5.79. The first-order valence-corrected chi connectivity index (χ1v) is 14.0. The van der Waals surface area contributed by atoms with Crippen molar-refractivity contribution in [1.82, 2.24) is 19.7 Å². The van der Waals surface area contributed by atoms with Gasteiger partial charge in [0.1, 0.15) is 22.1 Å². The van der Waals surface area contributed by atoms with Crippen LogP contribution in [0.3, 0.4) is 0 Å². The molecule has 3 atom stereocenters. The smallest absolute Gasteiger partial charge is 0.267 e. The number of fused-ring (bicyclic) bond motifs is 5. The molecule has 11 heteroatoms. The van der Waals surface area contributed by atoms with Crippen LogP contribution in [-0.4, -0.2) is 55.8 Å². The number of amides is 1. The maximum absolute atomic E-state index is 13.8. The van der Waals surface area contributed by atoms with Crippen LogP contribution in [0.15, 0.2) is 71.7 Å². The topological polar surface area (TPSA) is 98.9 Å². The summed E-state index contributed by atoms with van der Waals surface area (Å²) in [4.78, 5) is 25.9. The lowest BCUT2D eigenvalue weighted by Crippen LogP contribution is -2.51. The molecule has 0 saturated heterocycles. The van der Waals surface area contributed by atoms with E-state index in [0.29, 0.717) is 34.5 Å². The second-order valence-corrected chi connectivity index (χ2v) is 11.0. The average molecular weight is 602 g/mol. The molecule has 2 aromatic heterocycles. The number of pyridine rings is 1. The molecule has 1 amide bonds. The number of hydrogen-bond donors (Lipinski definition) is 2. The minimum Gasteiger partial charge on any atom is -0.506 e. The second kappa shape index (κ2) is 9.44. The number of anilines is 3. The number of phenolic OH excluding ortho intramolecular Hbond substituents is 1. The van der Waals surface area contributed by atoms with Crippen molar-refractivity contribution in [2.24, 2.45) is 4.99 Å². The molecule has 4 aromatic rings. The molecule has 2 N–H and O–H groups in total. The summed E-state index contributed by atoms with van der Waals surface area (Å²) in [7, 11) is 1.74. The fourth-order valence-corrected chi connectivity index (χ4v) is 6.39. The number of carbonyl (C=O) groups is 1. The van der Waals surface area contributed by atoms with Gasteiger partial charge in [-0.15, -0.1) is 0 Å². The molecule has 202 valence electrons. The predicted octanol–water partition coefficient (Wildman–Crippen LogP) is 5.66. The van der Waals surface area contributed by atoms with E-state index in [9.17, 15) is 14.3 Å². The van der Waals surface area contributed by atoms with Gasteiger partial charge in [0.15, 0.2) is 5.82 Å². The van der Waals surface area contributed by atoms with Crippen LogP contribution < -0.4 is 10.2 Å². The molecule has 0 spiro atoms. The van der Waals surface area contributed by atoms with Gasteiger partial charge in [-0.25, -0.2) is 14.7 Å². The number of para-hydroxylation sites is 2. The molecule has 9 nitrogen and oxygen atoms in total. The van der Waals surface area contributed by atoms with Crippen LogP contribution in [0, 0.1) is 5.95 Å². The van der Waals surface area contributed by atoms with E-state index < -0.39 is 10.9 Å². The molecule has 3 aliphatic rings. The summed E-state index contributed by atoms with van der Waals surface area (Å²) in [6.07, 6.45) is 3.04. The maximum atomic E-state index is 13.8. The average Bonchev–Trinajstić information content (AvgIpc) is 3.66. The first kappa shape index (κ1) is 24.8. The number of guanidine groups is 1. The number of rotatable bonds is 5. The first-order chi connectivity index (χ1) is 19.4. The minimum absolute atomic E-state index is 0.0537. The van der Waals surface area contributed by atoms with Crippen LogP contribution in [-0.2, 0) is 0 Å². The van der Waals surface area contributed by atoms with Crippen molar-refractivity contribution in [3.63, 3.8) is 0 Å². The highest BCUT2D eigenvalue weighted by Crippen LogP contribution is 2.45. The third kappa shape index (κ3) is 3.87. The van der Waals surface area contributed by atoms with Crippen molar-refractivity contribution < 1.29 is 14.3 Å². The van der Waals surface area contributed by atoms with E-state index in [-0.39, 0.29) is 23.7 Å². The largest absolute Gasteiger partial charge is 0.506 e. The number of carbonyl (C=O) groups excluding carboxylic acids is 1. The Bertz CT molecular complexity index is 1670. The molecule has 0 bridgehead atoms. The molecule has 2 aromatic carbocycles. The number of nitrogens with one attached hydrogen (secondary N) is 1. The number of aromatic hydroxyl groups is 1. The van der Waals surface area contributed by atoms with Gasteiger partial charge in [-0.1, -0.05) is 58.4 Å². The van der Waals surface area contributed by atoms with E-state index in [0.717, 1.165) is 30.4 Å². The maximum Gasteiger partial charge on any atom is 0.267 e. The lowest BCUT2D eigenvalue weighted by molar-refractivity contribution is 0.0866. The summed E-state index contributed by atoms with van der Waals surface area (Å²) in [5, 5.41) is 18.8. The van der Waals surface area contributed by atoms with Crippen molar-refractivity contribution in [2.45, 2.75) is 36.3 Å². The Morgan fingerprint density at radius 3 is 2.65 bits per heavy atom. The Morgan fingerprint density at radius 1 is 1.07 bits per heavy atom. The van der Waals surface area contributed by atoms with Gasteiger partial charge in [0.05, 0.1) is 23.5 Å². The van der Waals surface area contributed by atoms with Crippen molar-refractivity contribution in [3.05, 3.63) is 83.8 Å². The monoisotopic (exact) mass is 601 g/mol. The zero-order chi connectivity index (χ0) is 27.5. The number of hydrogen-bond acceptors (Lipinski definition) is 7. The van der Waals surface area contributed by atoms with E-state index in [1.807, 2.05) is 30.3 Å². The summed E-state index contributed by atoms with van der Waals surface area (Å²) in [6.45, 7) is 0. The number of aliphatic imine (C=N–C) groups is 1. The van der Waals surface area contributed by atoms with E-state index in [1.165, 1.54) is 6.07 Å². The predicted molar refractivity (Wildman–Crippen MR) is 154 cm³/mol. The molecular weight excluding hydrogens is 577 g/mol. The van der Waals surface area contributed by atoms with Crippen LogP contribution in [0.25, 0.3) is 11.3 Å². The molecule has 1 unspecified atom stereocenters. The SMILES string of the molecule is CN1C(=O)c2c(nn(C(Br)c3ccc(-c4cccc(F)n4)cc3)c2Nc2ccccc2O)N2C1=N[C@@H]1CCC[C@@H]12. The van der Waals surface area contributed by atoms with Crippen LogP contribution in [0.5, 0.6) is 5.75 Å². The fraction of sp³-hybridized carbons (Fsp3) is 0.241. The minimum atomic E-state index is -0.536. The van der Waals surface area contributed by atoms with Gasteiger partial charge in [0, 0.05) is 12.6 Å². The quantitative estimate of drug-likeness (QED) is 0.174. The van der Waals surface area contributed by atoms with E-state index in [1.54, 1.807) is 47.0 Å². The highest BCUT2D eigenvalue weighted by atomic mass is 79.9. The van der Waals surface area contributed by atoms with Gasteiger partial charge in [0.25, 0.3) is 5.91 Å². The van der Waals surface area contributed by atoms with Crippen molar-refractivity contribution in [2.75, 3.05) is 17.3 Å². The lowest BCUT2D eigenvalue weighted by atomic mass is 10.1. The number of aromatic nitrogens is 3. The molecule has 1 saturated carbocycles. The van der Waals surface area contributed by atoms with Crippen LogP contribution in [0.1, 0.15) is 40.1 Å². The summed E-state index contributed by atoms with van der Waals surface area (Å²) in [5.41, 5.74) is 3.04.